The van der Waals surface area contributed by atoms with Crippen LogP contribution in [0.4, 0.5) is 0 Å². The second kappa shape index (κ2) is 3.29. The van der Waals surface area contributed by atoms with Crippen LogP contribution in [0.1, 0.15) is 26.2 Å². The molecule has 3 heteroatoms. The average Bonchev–Trinajstić information content (AvgIpc) is 2.18. The molecule has 3 unspecified atom stereocenters. The minimum atomic E-state index is -0.578. The largest absolute Gasteiger partial charge is 0.481 e. The van der Waals surface area contributed by atoms with Crippen molar-refractivity contribution in [1.29, 1.82) is 0 Å². The molecular weight excluding hydrogens is 166 g/mol. The van der Waals surface area contributed by atoms with Crippen LogP contribution in [0.5, 0.6) is 0 Å². The molecule has 2 heterocycles. The van der Waals surface area contributed by atoms with Gasteiger partial charge in [0.05, 0.1) is 5.92 Å². The van der Waals surface area contributed by atoms with Gasteiger partial charge in [0.1, 0.15) is 0 Å². The highest BCUT2D eigenvalue weighted by Gasteiger charge is 2.42. The Balaban J connectivity index is 2.07. The summed E-state index contributed by atoms with van der Waals surface area (Å²) in [5, 5.41) is 9.00. The van der Waals surface area contributed by atoms with Crippen molar-refractivity contribution in [2.75, 3.05) is 13.1 Å². The van der Waals surface area contributed by atoms with Crippen molar-refractivity contribution in [3.63, 3.8) is 0 Å². The van der Waals surface area contributed by atoms with E-state index >= 15 is 0 Å². The third-order valence-corrected chi connectivity index (χ3v) is 3.67. The van der Waals surface area contributed by atoms with Gasteiger partial charge in [0.25, 0.3) is 0 Å². The number of hydrogen-bond donors (Lipinski definition) is 1. The summed E-state index contributed by atoms with van der Waals surface area (Å²) in [5.74, 6) is -0.213. The number of carboxylic acid groups (broad SMARTS) is 1. The fourth-order valence-electron chi connectivity index (χ4n) is 2.90. The van der Waals surface area contributed by atoms with Crippen LogP contribution in [-0.4, -0.2) is 35.1 Å². The van der Waals surface area contributed by atoms with Crippen LogP contribution in [0.25, 0.3) is 0 Å². The quantitative estimate of drug-likeness (QED) is 0.699. The highest BCUT2D eigenvalue weighted by Crippen LogP contribution is 2.39. The van der Waals surface area contributed by atoms with E-state index in [2.05, 4.69) is 11.8 Å². The summed E-state index contributed by atoms with van der Waals surface area (Å²) >= 11 is 0. The summed E-state index contributed by atoms with van der Waals surface area (Å²) in [7, 11) is 0. The molecule has 3 nitrogen and oxygen atoms in total. The van der Waals surface area contributed by atoms with Gasteiger partial charge in [-0.15, -0.1) is 0 Å². The smallest absolute Gasteiger partial charge is 0.306 e. The predicted molar refractivity (Wildman–Crippen MR) is 49.5 cm³/mol. The van der Waals surface area contributed by atoms with E-state index in [-0.39, 0.29) is 5.92 Å². The van der Waals surface area contributed by atoms with Crippen molar-refractivity contribution in [2.24, 2.45) is 11.8 Å². The van der Waals surface area contributed by atoms with E-state index in [1.54, 1.807) is 0 Å². The van der Waals surface area contributed by atoms with Gasteiger partial charge < -0.3 is 10.0 Å². The van der Waals surface area contributed by atoms with E-state index in [9.17, 15) is 4.79 Å². The van der Waals surface area contributed by atoms with E-state index in [0.717, 1.165) is 25.9 Å². The Hall–Kier alpha value is -0.570. The average molecular weight is 183 g/mol. The molecule has 3 fully saturated rings. The molecule has 0 aromatic carbocycles. The highest BCUT2D eigenvalue weighted by atomic mass is 16.4. The van der Waals surface area contributed by atoms with E-state index in [0.29, 0.717) is 12.0 Å². The molecule has 0 radical (unpaired) electrons. The maximum atomic E-state index is 10.9. The molecule has 0 amide bonds. The fraction of sp³-hybridized carbons (Fsp3) is 0.900. The first-order chi connectivity index (χ1) is 6.22. The van der Waals surface area contributed by atoms with Gasteiger partial charge in [-0.05, 0) is 31.7 Å². The van der Waals surface area contributed by atoms with E-state index in [4.69, 9.17) is 5.11 Å². The van der Waals surface area contributed by atoms with Gasteiger partial charge in [0, 0.05) is 12.6 Å². The molecule has 2 saturated heterocycles. The first-order valence-electron chi connectivity index (χ1n) is 5.19. The first-order valence-corrected chi connectivity index (χ1v) is 5.19. The Labute approximate surface area is 78.7 Å². The Bertz CT molecular complexity index is 217. The van der Waals surface area contributed by atoms with E-state index in [1.165, 1.54) is 6.42 Å². The fourth-order valence-corrected chi connectivity index (χ4v) is 2.90. The first kappa shape index (κ1) is 9.00. The second-order valence-electron chi connectivity index (χ2n) is 4.26. The van der Waals surface area contributed by atoms with Gasteiger partial charge in [-0.3, -0.25) is 4.79 Å². The summed E-state index contributed by atoms with van der Waals surface area (Å²) in [6.07, 6.45) is 3.22. The normalized spacial score (nSPS) is 39.3. The lowest BCUT2D eigenvalue weighted by molar-refractivity contribution is -0.149. The molecule has 74 valence electrons. The third-order valence-electron chi connectivity index (χ3n) is 3.67. The van der Waals surface area contributed by atoms with Crippen molar-refractivity contribution < 1.29 is 9.90 Å². The minimum absolute atomic E-state index is 0.0541. The van der Waals surface area contributed by atoms with Crippen LogP contribution in [-0.2, 0) is 4.79 Å². The molecule has 1 N–H and O–H groups in total. The van der Waals surface area contributed by atoms with Crippen molar-refractivity contribution in [3.05, 3.63) is 0 Å². The number of fused-ring (bicyclic) bond motifs is 3. The lowest BCUT2D eigenvalue weighted by Crippen LogP contribution is -2.53. The molecular formula is C10H17NO2. The SMILES string of the molecule is CCN1CC2CCC1CC2C(=O)O. The molecule has 13 heavy (non-hydrogen) atoms. The van der Waals surface area contributed by atoms with Gasteiger partial charge in [-0.2, -0.15) is 0 Å². The predicted octanol–water partition coefficient (Wildman–Crippen LogP) is 1.19. The standard InChI is InChI=1S/C10H17NO2/c1-2-11-6-7-3-4-8(11)5-9(7)10(12)13/h7-9H,2-6H2,1H3,(H,12,13). The van der Waals surface area contributed by atoms with Crippen LogP contribution in [0.15, 0.2) is 0 Å². The zero-order valence-corrected chi connectivity index (χ0v) is 8.07. The molecule has 3 atom stereocenters. The number of hydrogen-bond acceptors (Lipinski definition) is 2. The van der Waals surface area contributed by atoms with Crippen molar-refractivity contribution in [2.45, 2.75) is 32.2 Å². The van der Waals surface area contributed by atoms with Gasteiger partial charge in [-0.1, -0.05) is 6.92 Å². The van der Waals surface area contributed by atoms with E-state index in [1.807, 2.05) is 0 Å². The Morgan fingerprint density at radius 3 is 2.77 bits per heavy atom. The lowest BCUT2D eigenvalue weighted by Gasteiger charge is -2.47. The maximum Gasteiger partial charge on any atom is 0.306 e. The third kappa shape index (κ3) is 1.46. The van der Waals surface area contributed by atoms with Crippen LogP contribution >= 0.6 is 0 Å². The van der Waals surface area contributed by atoms with E-state index < -0.39 is 5.97 Å². The Morgan fingerprint density at radius 1 is 1.54 bits per heavy atom. The van der Waals surface area contributed by atoms with Gasteiger partial charge in [0.2, 0.25) is 0 Å². The van der Waals surface area contributed by atoms with Crippen LogP contribution < -0.4 is 0 Å². The van der Waals surface area contributed by atoms with Crippen molar-refractivity contribution >= 4 is 5.97 Å². The highest BCUT2D eigenvalue weighted by molar-refractivity contribution is 5.70. The monoisotopic (exact) mass is 183 g/mol. The lowest BCUT2D eigenvalue weighted by atomic mass is 9.72. The molecule has 2 aliphatic heterocycles. The summed E-state index contributed by atoms with van der Waals surface area (Å²) in [6.45, 7) is 4.25. The minimum Gasteiger partial charge on any atom is -0.481 e. The van der Waals surface area contributed by atoms with Crippen LogP contribution in [0, 0.1) is 11.8 Å². The Kier molecular flexibility index (Phi) is 2.28. The number of aliphatic carboxylic acids is 1. The number of carboxylic acids is 1. The van der Waals surface area contributed by atoms with Crippen LogP contribution in [0.3, 0.4) is 0 Å². The number of rotatable bonds is 2. The molecule has 2 bridgehead atoms. The number of nitrogens with zero attached hydrogens (tertiary/aromatic N) is 1. The topological polar surface area (TPSA) is 40.5 Å². The molecule has 0 aromatic heterocycles. The summed E-state index contributed by atoms with van der Waals surface area (Å²) in [6, 6.07) is 0.552. The number of carbonyl (C=O) groups is 1. The van der Waals surface area contributed by atoms with Gasteiger partial charge in [0.15, 0.2) is 0 Å². The summed E-state index contributed by atoms with van der Waals surface area (Å²) in [5.41, 5.74) is 0. The molecule has 0 spiro atoms. The van der Waals surface area contributed by atoms with Crippen molar-refractivity contribution in [3.8, 4) is 0 Å². The summed E-state index contributed by atoms with van der Waals surface area (Å²) in [4.78, 5) is 13.4. The molecule has 1 saturated carbocycles. The maximum absolute atomic E-state index is 10.9. The second-order valence-corrected chi connectivity index (χ2v) is 4.26. The van der Waals surface area contributed by atoms with Gasteiger partial charge in [-0.25, -0.2) is 0 Å². The zero-order valence-electron chi connectivity index (χ0n) is 8.07. The zero-order chi connectivity index (χ0) is 9.42. The molecule has 3 aliphatic rings. The Morgan fingerprint density at radius 2 is 2.31 bits per heavy atom. The molecule has 3 rings (SSSR count). The van der Waals surface area contributed by atoms with Crippen molar-refractivity contribution in [1.82, 2.24) is 4.90 Å². The number of piperidine rings is 2. The van der Waals surface area contributed by atoms with Gasteiger partial charge >= 0.3 is 5.97 Å². The molecule has 0 aromatic rings. The summed E-state index contributed by atoms with van der Waals surface area (Å²) < 4.78 is 0. The molecule has 1 aliphatic carbocycles. The van der Waals surface area contributed by atoms with Crippen LogP contribution in [0.2, 0.25) is 0 Å².